The molecule has 2 heterocycles. The first-order chi connectivity index (χ1) is 11.1. The summed E-state index contributed by atoms with van der Waals surface area (Å²) in [6, 6.07) is 1.74. The van der Waals surface area contributed by atoms with Crippen LogP contribution in [-0.2, 0) is 13.9 Å². The summed E-state index contributed by atoms with van der Waals surface area (Å²) in [6.45, 7) is 4.64. The van der Waals surface area contributed by atoms with E-state index in [4.69, 9.17) is 4.89 Å². The van der Waals surface area contributed by atoms with Gasteiger partial charge in [-0.15, -0.1) is 4.89 Å². The first-order valence-electron chi connectivity index (χ1n) is 7.68. The van der Waals surface area contributed by atoms with E-state index in [0.29, 0.717) is 31.2 Å². The second-order valence-electron chi connectivity index (χ2n) is 5.47. The zero-order valence-electron chi connectivity index (χ0n) is 12.9. The minimum atomic E-state index is -2.89. The first kappa shape index (κ1) is 17.5. The molecular formula is C15H21N3O4P+. The highest BCUT2D eigenvalue weighted by Gasteiger charge is 2.35. The Bertz CT molecular complexity index is 574. The summed E-state index contributed by atoms with van der Waals surface area (Å²) in [5.74, 6) is 0.160. The van der Waals surface area contributed by atoms with Crippen molar-refractivity contribution < 1.29 is 18.8 Å². The average molecular weight is 338 g/mol. The highest BCUT2D eigenvalue weighted by atomic mass is 31.1. The Kier molecular flexibility index (Phi) is 6.62. The SMILES string of the molecule is C1CCC1.C=Cc1nccc(N2CCC(C(=O)O[P+](=O)O)C2)n1. The van der Waals surface area contributed by atoms with E-state index in [1.807, 2.05) is 4.90 Å². The topological polar surface area (TPSA) is 92.6 Å². The van der Waals surface area contributed by atoms with Crippen molar-refractivity contribution in [1.29, 1.82) is 0 Å². The molecule has 23 heavy (non-hydrogen) atoms. The minimum absolute atomic E-state index is 0.409. The molecule has 1 saturated carbocycles. The van der Waals surface area contributed by atoms with Crippen LogP contribution < -0.4 is 4.90 Å². The predicted molar refractivity (Wildman–Crippen MR) is 86.8 cm³/mol. The van der Waals surface area contributed by atoms with Crippen LogP contribution in [0.15, 0.2) is 18.8 Å². The molecule has 1 aromatic rings. The number of carbonyl (C=O) groups excluding carboxylic acids is 1. The van der Waals surface area contributed by atoms with E-state index in [1.54, 1.807) is 18.3 Å². The van der Waals surface area contributed by atoms with Crippen LogP contribution in [0.5, 0.6) is 0 Å². The number of aromatic nitrogens is 2. The average Bonchev–Trinajstić information content (AvgIpc) is 2.95. The minimum Gasteiger partial charge on any atom is -0.356 e. The highest BCUT2D eigenvalue weighted by molar-refractivity contribution is 7.32. The quantitative estimate of drug-likeness (QED) is 0.844. The van der Waals surface area contributed by atoms with Gasteiger partial charge in [0.1, 0.15) is 5.82 Å². The maximum atomic E-state index is 11.5. The molecule has 7 nitrogen and oxygen atoms in total. The number of hydrogen-bond acceptors (Lipinski definition) is 6. The van der Waals surface area contributed by atoms with Gasteiger partial charge < -0.3 is 4.90 Å². The second kappa shape index (κ2) is 8.70. The van der Waals surface area contributed by atoms with Crippen LogP contribution in [0.3, 0.4) is 0 Å². The van der Waals surface area contributed by atoms with Crippen molar-refractivity contribution in [3.8, 4) is 0 Å². The van der Waals surface area contributed by atoms with E-state index < -0.39 is 20.1 Å². The van der Waals surface area contributed by atoms with Gasteiger partial charge in [-0.3, -0.25) is 0 Å². The molecular weight excluding hydrogens is 317 g/mol. The Morgan fingerprint density at radius 3 is 2.70 bits per heavy atom. The van der Waals surface area contributed by atoms with Gasteiger partial charge in [0, 0.05) is 23.9 Å². The van der Waals surface area contributed by atoms with Gasteiger partial charge in [-0.25, -0.2) is 14.8 Å². The van der Waals surface area contributed by atoms with Gasteiger partial charge in [-0.1, -0.05) is 32.3 Å². The summed E-state index contributed by atoms with van der Waals surface area (Å²) < 4.78 is 14.8. The van der Waals surface area contributed by atoms with Crippen LogP contribution in [0.25, 0.3) is 6.08 Å². The molecule has 1 N–H and O–H groups in total. The zero-order chi connectivity index (χ0) is 16.7. The molecule has 124 valence electrons. The van der Waals surface area contributed by atoms with Crippen LogP contribution in [-0.4, -0.2) is 33.9 Å². The van der Waals surface area contributed by atoms with Gasteiger partial charge in [0.2, 0.25) is 0 Å². The van der Waals surface area contributed by atoms with E-state index in [-0.39, 0.29) is 0 Å². The Morgan fingerprint density at radius 2 is 2.13 bits per heavy atom. The third-order valence-corrected chi connectivity index (χ3v) is 4.19. The third-order valence-electron chi connectivity index (χ3n) is 3.86. The van der Waals surface area contributed by atoms with Crippen LogP contribution in [0.1, 0.15) is 37.9 Å². The van der Waals surface area contributed by atoms with Crippen molar-refractivity contribution in [3.63, 3.8) is 0 Å². The Morgan fingerprint density at radius 1 is 1.43 bits per heavy atom. The normalized spacial score (nSPS) is 20.0. The van der Waals surface area contributed by atoms with Crippen molar-refractivity contribution in [1.82, 2.24) is 9.97 Å². The largest absolute Gasteiger partial charge is 0.750 e. The van der Waals surface area contributed by atoms with Crippen LogP contribution in [0, 0.1) is 5.92 Å². The fourth-order valence-electron chi connectivity index (χ4n) is 2.20. The lowest BCUT2D eigenvalue weighted by Crippen LogP contribution is -2.24. The molecule has 2 atom stereocenters. The molecule has 0 spiro atoms. The van der Waals surface area contributed by atoms with Gasteiger partial charge in [-0.05, 0) is 18.6 Å². The molecule has 3 rings (SSSR count). The maximum Gasteiger partial charge on any atom is 0.750 e. The van der Waals surface area contributed by atoms with Crippen molar-refractivity contribution in [2.24, 2.45) is 5.92 Å². The molecule has 1 aliphatic carbocycles. The first-order valence-corrected chi connectivity index (χ1v) is 8.81. The summed E-state index contributed by atoms with van der Waals surface area (Å²) in [7, 11) is -2.89. The molecule has 1 aromatic heterocycles. The molecule has 2 aliphatic rings. The van der Waals surface area contributed by atoms with Crippen LogP contribution in [0.4, 0.5) is 5.82 Å². The fraction of sp³-hybridized carbons (Fsp3) is 0.533. The monoisotopic (exact) mass is 338 g/mol. The second-order valence-corrected chi connectivity index (χ2v) is 6.13. The lowest BCUT2D eigenvalue weighted by atomic mass is 10.0. The number of rotatable bonds is 4. The lowest BCUT2D eigenvalue weighted by Gasteiger charge is -2.16. The van der Waals surface area contributed by atoms with Gasteiger partial charge in [0.05, 0.1) is 5.92 Å². The standard InChI is InChI=1S/C11H12N3O4P.C4H8/c1-2-9-12-5-3-10(13-9)14-6-4-8(7-14)11(15)18-19(16)17;1-2-4-3-1/h2-3,5,8H,1,4,6-7H2;1-4H2/p+1. The van der Waals surface area contributed by atoms with E-state index in [2.05, 4.69) is 21.1 Å². The van der Waals surface area contributed by atoms with Gasteiger partial charge >= 0.3 is 14.2 Å². The smallest absolute Gasteiger partial charge is 0.356 e. The Balaban J connectivity index is 0.000000417. The molecule has 0 aromatic carbocycles. The molecule has 0 radical (unpaired) electrons. The summed E-state index contributed by atoms with van der Waals surface area (Å²) in [5, 5.41) is 0. The van der Waals surface area contributed by atoms with Crippen molar-refractivity contribution >= 4 is 26.1 Å². The van der Waals surface area contributed by atoms with Gasteiger partial charge in [-0.2, -0.15) is 4.52 Å². The van der Waals surface area contributed by atoms with E-state index >= 15 is 0 Å². The molecule has 2 fully saturated rings. The summed E-state index contributed by atoms with van der Waals surface area (Å²) in [6.07, 6.45) is 9.73. The van der Waals surface area contributed by atoms with Gasteiger partial charge in [0.25, 0.3) is 0 Å². The Hall–Kier alpha value is -1.85. The van der Waals surface area contributed by atoms with E-state index in [1.165, 1.54) is 25.7 Å². The summed E-state index contributed by atoms with van der Waals surface area (Å²) >= 11 is 0. The molecule has 0 amide bonds. The van der Waals surface area contributed by atoms with Crippen molar-refractivity contribution in [2.75, 3.05) is 18.0 Å². The number of carbonyl (C=O) groups is 1. The maximum absolute atomic E-state index is 11.5. The van der Waals surface area contributed by atoms with E-state index in [9.17, 15) is 9.36 Å². The predicted octanol–water partition coefficient (Wildman–Crippen LogP) is 2.70. The summed E-state index contributed by atoms with van der Waals surface area (Å²) in [4.78, 5) is 30.2. The lowest BCUT2D eigenvalue weighted by molar-refractivity contribution is -0.138. The number of nitrogens with zero attached hydrogens (tertiary/aromatic N) is 3. The third kappa shape index (κ3) is 5.37. The molecule has 8 heteroatoms. The summed E-state index contributed by atoms with van der Waals surface area (Å²) in [5.41, 5.74) is 0. The molecule has 1 aliphatic heterocycles. The van der Waals surface area contributed by atoms with E-state index in [0.717, 1.165) is 0 Å². The Labute approximate surface area is 136 Å². The number of anilines is 1. The highest BCUT2D eigenvalue weighted by Crippen LogP contribution is 2.26. The van der Waals surface area contributed by atoms with Crippen LogP contribution in [0.2, 0.25) is 0 Å². The zero-order valence-corrected chi connectivity index (χ0v) is 13.8. The molecule has 0 bridgehead atoms. The van der Waals surface area contributed by atoms with Crippen LogP contribution >= 0.6 is 8.25 Å². The number of hydrogen-bond donors (Lipinski definition) is 1. The van der Waals surface area contributed by atoms with Crippen molar-refractivity contribution in [3.05, 3.63) is 24.7 Å². The molecule has 2 unspecified atom stereocenters. The van der Waals surface area contributed by atoms with Gasteiger partial charge in [0.15, 0.2) is 5.82 Å². The van der Waals surface area contributed by atoms with Crippen molar-refractivity contribution in [2.45, 2.75) is 32.1 Å². The molecule has 1 saturated heterocycles. The fourth-order valence-corrected chi connectivity index (χ4v) is 2.50.